The number of amides is 1. The van der Waals surface area contributed by atoms with Crippen LogP contribution in [0.3, 0.4) is 0 Å². The Morgan fingerprint density at radius 3 is 2.52 bits per heavy atom. The Balaban J connectivity index is 1.89. The van der Waals surface area contributed by atoms with Crippen LogP contribution < -0.4 is 0 Å². The minimum absolute atomic E-state index is 0.0304. The summed E-state index contributed by atoms with van der Waals surface area (Å²) in [6.07, 6.45) is 3.44. The first-order valence-corrected chi connectivity index (χ1v) is 7.42. The number of aliphatic hydroxyl groups excluding tert-OH is 1. The van der Waals surface area contributed by atoms with E-state index >= 15 is 0 Å². The van der Waals surface area contributed by atoms with Crippen LogP contribution in [-0.4, -0.2) is 39.8 Å². The van der Waals surface area contributed by atoms with Gasteiger partial charge in [0.15, 0.2) is 0 Å². The maximum absolute atomic E-state index is 12.0. The highest BCUT2D eigenvalue weighted by atomic mass is 16.6. The van der Waals surface area contributed by atoms with Crippen LogP contribution in [0.1, 0.15) is 50.8 Å². The van der Waals surface area contributed by atoms with Gasteiger partial charge in [0.2, 0.25) is 0 Å². The molecule has 0 aromatic carbocycles. The van der Waals surface area contributed by atoms with E-state index in [1.807, 2.05) is 39.1 Å². The third-order valence-corrected chi connectivity index (χ3v) is 3.63. The van der Waals surface area contributed by atoms with E-state index in [2.05, 4.69) is 4.98 Å². The number of hydrogen-bond acceptors (Lipinski definition) is 4. The molecule has 21 heavy (non-hydrogen) atoms. The lowest BCUT2D eigenvalue weighted by atomic mass is 9.90. The molecule has 0 bridgehead atoms. The molecule has 116 valence electrons. The molecule has 1 N–H and O–H groups in total. The van der Waals surface area contributed by atoms with Gasteiger partial charge >= 0.3 is 6.09 Å². The topological polar surface area (TPSA) is 62.7 Å². The van der Waals surface area contributed by atoms with Crippen LogP contribution in [0.4, 0.5) is 4.79 Å². The predicted molar refractivity (Wildman–Crippen MR) is 79.9 cm³/mol. The monoisotopic (exact) mass is 292 g/mol. The second-order valence-electron chi connectivity index (χ2n) is 6.48. The molecule has 5 nitrogen and oxygen atoms in total. The lowest BCUT2D eigenvalue weighted by Crippen LogP contribution is -2.41. The summed E-state index contributed by atoms with van der Waals surface area (Å²) in [7, 11) is 0. The summed E-state index contributed by atoms with van der Waals surface area (Å²) in [6, 6.07) is 3.88. The van der Waals surface area contributed by atoms with Gasteiger partial charge in [-0.25, -0.2) is 4.79 Å². The molecule has 0 spiro atoms. The van der Waals surface area contributed by atoms with Gasteiger partial charge in [0, 0.05) is 19.3 Å². The van der Waals surface area contributed by atoms with Crippen molar-refractivity contribution in [2.45, 2.75) is 51.7 Å². The van der Waals surface area contributed by atoms with E-state index < -0.39 is 5.60 Å². The maximum atomic E-state index is 12.0. The van der Waals surface area contributed by atoms with Crippen molar-refractivity contribution in [1.82, 2.24) is 9.88 Å². The number of pyridine rings is 1. The van der Waals surface area contributed by atoms with Crippen LogP contribution in [-0.2, 0) is 11.3 Å². The Morgan fingerprint density at radius 2 is 2.05 bits per heavy atom. The van der Waals surface area contributed by atoms with Gasteiger partial charge in [-0.1, -0.05) is 6.07 Å². The fraction of sp³-hybridized carbons (Fsp3) is 0.625. The first kappa shape index (κ1) is 15.8. The Morgan fingerprint density at radius 1 is 1.38 bits per heavy atom. The van der Waals surface area contributed by atoms with Crippen molar-refractivity contribution in [3.63, 3.8) is 0 Å². The second kappa shape index (κ2) is 6.43. The number of rotatable bonds is 2. The third kappa shape index (κ3) is 4.43. The van der Waals surface area contributed by atoms with Crippen LogP contribution >= 0.6 is 0 Å². The average Bonchev–Trinajstić information content (AvgIpc) is 2.46. The Kier molecular flexibility index (Phi) is 4.83. The lowest BCUT2D eigenvalue weighted by molar-refractivity contribution is 0.0205. The number of carbonyl (C=O) groups excluding carboxylic acids is 1. The quantitative estimate of drug-likeness (QED) is 0.910. The van der Waals surface area contributed by atoms with Gasteiger partial charge in [-0.05, 0) is 51.2 Å². The summed E-state index contributed by atoms with van der Waals surface area (Å²) in [5.41, 5.74) is 1.42. The molecule has 2 rings (SSSR count). The van der Waals surface area contributed by atoms with Crippen molar-refractivity contribution in [3.8, 4) is 0 Å². The Labute approximate surface area is 125 Å². The van der Waals surface area contributed by atoms with Crippen molar-refractivity contribution in [3.05, 3.63) is 29.6 Å². The minimum Gasteiger partial charge on any atom is -0.444 e. The van der Waals surface area contributed by atoms with E-state index in [1.54, 1.807) is 4.90 Å². The third-order valence-electron chi connectivity index (χ3n) is 3.63. The largest absolute Gasteiger partial charge is 0.444 e. The summed E-state index contributed by atoms with van der Waals surface area (Å²) in [4.78, 5) is 18.0. The number of hydrogen-bond donors (Lipinski definition) is 1. The number of aliphatic hydroxyl groups is 1. The summed E-state index contributed by atoms with van der Waals surface area (Å²) in [5, 5.41) is 9.01. The van der Waals surface area contributed by atoms with Crippen molar-refractivity contribution in [2.24, 2.45) is 0 Å². The molecule has 0 atom stereocenters. The normalized spacial score (nSPS) is 16.9. The maximum Gasteiger partial charge on any atom is 0.410 e. The minimum atomic E-state index is -0.446. The molecule has 0 saturated carbocycles. The van der Waals surface area contributed by atoms with Gasteiger partial charge in [0.25, 0.3) is 0 Å². The molecule has 1 aromatic heterocycles. The number of likely N-dealkylation sites (tertiary alicyclic amines) is 1. The molecule has 0 aliphatic carbocycles. The number of piperidine rings is 1. The molecule has 5 heteroatoms. The summed E-state index contributed by atoms with van der Waals surface area (Å²) in [5.74, 6) is 0.420. The van der Waals surface area contributed by atoms with Crippen LogP contribution in [0.25, 0.3) is 0 Å². The van der Waals surface area contributed by atoms with Gasteiger partial charge < -0.3 is 14.7 Å². The van der Waals surface area contributed by atoms with Crippen molar-refractivity contribution < 1.29 is 14.6 Å². The standard InChI is InChI=1S/C16H24N2O3/c1-16(2,3)21-15(20)18-8-6-12(7-9-18)13-4-5-14(11-19)17-10-13/h4-5,10,12,19H,6-9,11H2,1-3H3. The fourth-order valence-electron chi connectivity index (χ4n) is 2.49. The molecule has 1 saturated heterocycles. The highest BCUT2D eigenvalue weighted by molar-refractivity contribution is 5.68. The summed E-state index contributed by atoms with van der Waals surface area (Å²) < 4.78 is 5.40. The lowest BCUT2D eigenvalue weighted by Gasteiger charge is -2.33. The molecule has 1 aliphatic heterocycles. The zero-order valence-electron chi connectivity index (χ0n) is 13.0. The Hall–Kier alpha value is -1.62. The highest BCUT2D eigenvalue weighted by Gasteiger charge is 2.27. The van der Waals surface area contributed by atoms with Gasteiger partial charge in [0.05, 0.1) is 12.3 Å². The zero-order chi connectivity index (χ0) is 15.5. The molecular weight excluding hydrogens is 268 g/mol. The van der Waals surface area contributed by atoms with E-state index in [-0.39, 0.29) is 12.7 Å². The summed E-state index contributed by atoms with van der Waals surface area (Å²) in [6.45, 7) is 7.03. The smallest absolute Gasteiger partial charge is 0.410 e. The highest BCUT2D eigenvalue weighted by Crippen LogP contribution is 2.28. The molecule has 2 heterocycles. The van der Waals surface area contributed by atoms with Crippen LogP contribution in [0.2, 0.25) is 0 Å². The average molecular weight is 292 g/mol. The molecule has 1 amide bonds. The van der Waals surface area contributed by atoms with Gasteiger partial charge in [-0.2, -0.15) is 0 Å². The molecular formula is C16H24N2O3. The molecule has 1 fully saturated rings. The number of aromatic nitrogens is 1. The second-order valence-corrected chi connectivity index (χ2v) is 6.48. The van der Waals surface area contributed by atoms with Crippen LogP contribution in [0, 0.1) is 0 Å². The first-order chi connectivity index (χ1) is 9.89. The number of ether oxygens (including phenoxy) is 1. The Bertz CT molecular complexity index is 471. The first-order valence-electron chi connectivity index (χ1n) is 7.42. The van der Waals surface area contributed by atoms with Gasteiger partial charge in [0.1, 0.15) is 5.60 Å². The molecule has 1 aromatic rings. The van der Waals surface area contributed by atoms with Crippen LogP contribution in [0.5, 0.6) is 0 Å². The van der Waals surface area contributed by atoms with Crippen molar-refractivity contribution in [2.75, 3.05) is 13.1 Å². The van der Waals surface area contributed by atoms with Crippen molar-refractivity contribution >= 4 is 6.09 Å². The molecule has 0 radical (unpaired) electrons. The van der Waals surface area contributed by atoms with Gasteiger partial charge in [-0.15, -0.1) is 0 Å². The summed E-state index contributed by atoms with van der Waals surface area (Å²) >= 11 is 0. The number of carbonyl (C=O) groups is 1. The van der Waals surface area contributed by atoms with E-state index in [9.17, 15) is 4.79 Å². The van der Waals surface area contributed by atoms with E-state index in [0.29, 0.717) is 24.7 Å². The zero-order valence-corrected chi connectivity index (χ0v) is 13.0. The van der Waals surface area contributed by atoms with Crippen LogP contribution in [0.15, 0.2) is 18.3 Å². The predicted octanol–water partition coefficient (Wildman–Crippen LogP) is 2.69. The molecule has 1 aliphatic rings. The van der Waals surface area contributed by atoms with Crippen molar-refractivity contribution in [1.29, 1.82) is 0 Å². The van der Waals surface area contributed by atoms with E-state index in [1.165, 1.54) is 5.56 Å². The molecule has 0 unspecified atom stereocenters. The van der Waals surface area contributed by atoms with E-state index in [0.717, 1.165) is 12.8 Å². The number of nitrogens with zero attached hydrogens (tertiary/aromatic N) is 2. The van der Waals surface area contributed by atoms with Gasteiger partial charge in [-0.3, -0.25) is 4.98 Å². The SMILES string of the molecule is CC(C)(C)OC(=O)N1CCC(c2ccc(CO)nc2)CC1. The van der Waals surface area contributed by atoms with E-state index in [4.69, 9.17) is 9.84 Å². The fourth-order valence-corrected chi connectivity index (χ4v) is 2.49.